The van der Waals surface area contributed by atoms with E-state index in [0.717, 1.165) is 0 Å². The van der Waals surface area contributed by atoms with Gasteiger partial charge in [0.2, 0.25) is 0 Å². The van der Waals surface area contributed by atoms with Gasteiger partial charge in [0.25, 0.3) is 0 Å². The summed E-state index contributed by atoms with van der Waals surface area (Å²) < 4.78 is 12.7. The zero-order valence-corrected chi connectivity index (χ0v) is 4.58. The number of rotatable bonds is 0. The van der Waals surface area contributed by atoms with Gasteiger partial charge in [-0.15, -0.1) is 6.42 Å². The van der Waals surface area contributed by atoms with Crippen molar-refractivity contribution >= 4 is 0 Å². The largest absolute Gasteiger partial charge is 0.312 e. The summed E-state index contributed by atoms with van der Waals surface area (Å²) in [6, 6.07) is 0. The van der Waals surface area contributed by atoms with E-state index in [1.54, 1.807) is 0 Å². The Morgan fingerprint density at radius 3 is 2.75 bits per heavy atom. The summed E-state index contributed by atoms with van der Waals surface area (Å²) in [7, 11) is 0. The van der Waals surface area contributed by atoms with Crippen LogP contribution in [0.25, 0.3) is 0 Å². The summed E-state index contributed by atoms with van der Waals surface area (Å²) >= 11 is 0. The molecular formula is C6H8FN. The zero-order valence-electron chi connectivity index (χ0n) is 4.58. The molecule has 1 saturated heterocycles. The van der Waals surface area contributed by atoms with Gasteiger partial charge in [0.1, 0.15) is 0 Å². The van der Waals surface area contributed by atoms with E-state index in [-0.39, 0.29) is 0 Å². The fourth-order valence-electron chi connectivity index (χ4n) is 0.785. The third kappa shape index (κ3) is 0.823. The lowest BCUT2D eigenvalue weighted by molar-refractivity contribution is 0.272. The lowest BCUT2D eigenvalue weighted by atomic mass is 10.1. The molecule has 0 aliphatic carbocycles. The summed E-state index contributed by atoms with van der Waals surface area (Å²) in [5.41, 5.74) is -1.35. The highest BCUT2D eigenvalue weighted by molar-refractivity contribution is 5.11. The van der Waals surface area contributed by atoms with E-state index in [2.05, 4.69) is 11.2 Å². The minimum absolute atomic E-state index is 0.323. The minimum atomic E-state index is -1.35. The van der Waals surface area contributed by atoms with E-state index < -0.39 is 5.67 Å². The molecule has 1 nitrogen and oxygen atoms in total. The number of nitrogens with one attached hydrogen (secondary N) is 1. The molecule has 44 valence electrons. The van der Waals surface area contributed by atoms with Crippen LogP contribution >= 0.6 is 0 Å². The molecule has 0 bridgehead atoms. The minimum Gasteiger partial charge on any atom is -0.312 e. The van der Waals surface area contributed by atoms with Crippen LogP contribution in [0.15, 0.2) is 0 Å². The lowest BCUT2D eigenvalue weighted by Crippen LogP contribution is -2.22. The van der Waals surface area contributed by atoms with Crippen LogP contribution in [0.1, 0.15) is 6.42 Å². The van der Waals surface area contributed by atoms with Gasteiger partial charge in [-0.2, -0.15) is 0 Å². The van der Waals surface area contributed by atoms with Crippen LogP contribution in [-0.4, -0.2) is 18.8 Å². The third-order valence-electron chi connectivity index (χ3n) is 1.36. The predicted octanol–water partition coefficient (Wildman–Crippen LogP) is 0.321. The van der Waals surface area contributed by atoms with Crippen LogP contribution in [0.3, 0.4) is 0 Å². The van der Waals surface area contributed by atoms with Crippen molar-refractivity contribution in [1.29, 1.82) is 0 Å². The first-order valence-electron chi connectivity index (χ1n) is 2.64. The second kappa shape index (κ2) is 1.75. The van der Waals surface area contributed by atoms with Crippen LogP contribution in [-0.2, 0) is 0 Å². The number of hydrogen-bond acceptors (Lipinski definition) is 1. The first-order chi connectivity index (χ1) is 3.77. The number of terminal acetylenes is 1. The van der Waals surface area contributed by atoms with Crippen LogP contribution in [0, 0.1) is 12.3 Å². The molecule has 0 unspecified atom stereocenters. The molecule has 2 heteroatoms. The van der Waals surface area contributed by atoms with Crippen LogP contribution in [0.5, 0.6) is 0 Å². The first-order valence-corrected chi connectivity index (χ1v) is 2.64. The molecule has 1 atom stereocenters. The van der Waals surface area contributed by atoms with E-state index in [4.69, 9.17) is 6.42 Å². The van der Waals surface area contributed by atoms with Crippen molar-refractivity contribution in [1.82, 2.24) is 5.32 Å². The van der Waals surface area contributed by atoms with E-state index in [9.17, 15) is 4.39 Å². The molecule has 1 aliphatic heterocycles. The number of halogens is 1. The fraction of sp³-hybridized carbons (Fsp3) is 0.667. The van der Waals surface area contributed by atoms with Crippen molar-refractivity contribution in [3.63, 3.8) is 0 Å². The van der Waals surface area contributed by atoms with Crippen molar-refractivity contribution in [2.45, 2.75) is 12.1 Å². The van der Waals surface area contributed by atoms with E-state index in [1.807, 2.05) is 0 Å². The van der Waals surface area contributed by atoms with Crippen molar-refractivity contribution in [2.75, 3.05) is 13.1 Å². The second-order valence-corrected chi connectivity index (χ2v) is 2.04. The first kappa shape index (κ1) is 5.58. The van der Waals surface area contributed by atoms with Gasteiger partial charge >= 0.3 is 0 Å². The monoisotopic (exact) mass is 113 g/mol. The molecule has 0 aromatic heterocycles. The highest BCUT2D eigenvalue weighted by Crippen LogP contribution is 2.17. The second-order valence-electron chi connectivity index (χ2n) is 2.04. The number of hydrogen-bond donors (Lipinski definition) is 1. The molecule has 1 aliphatic rings. The highest BCUT2D eigenvalue weighted by Gasteiger charge is 2.30. The standard InChI is InChI=1S/C6H8FN/c1-2-6(7)3-4-8-5-6/h1,8H,3-5H2/t6-/m0/s1. The molecule has 0 spiro atoms. The van der Waals surface area contributed by atoms with Crippen molar-refractivity contribution in [2.24, 2.45) is 0 Å². The maximum absolute atomic E-state index is 12.7. The SMILES string of the molecule is C#C[C@]1(F)CCNC1. The molecule has 0 aromatic rings. The summed E-state index contributed by atoms with van der Waals surface area (Å²) in [6.07, 6.45) is 5.36. The summed E-state index contributed by atoms with van der Waals surface area (Å²) in [4.78, 5) is 0. The highest BCUT2D eigenvalue weighted by atomic mass is 19.1. The zero-order chi connectivity index (χ0) is 6.04. The molecule has 0 aromatic carbocycles. The summed E-state index contributed by atoms with van der Waals surface area (Å²) in [5.74, 6) is 2.11. The Labute approximate surface area is 48.3 Å². The maximum atomic E-state index is 12.7. The fourth-order valence-corrected chi connectivity index (χ4v) is 0.785. The third-order valence-corrected chi connectivity index (χ3v) is 1.36. The van der Waals surface area contributed by atoms with Gasteiger partial charge in [-0.1, -0.05) is 5.92 Å². The van der Waals surface area contributed by atoms with Crippen molar-refractivity contribution in [3.05, 3.63) is 0 Å². The summed E-state index contributed by atoms with van der Waals surface area (Å²) in [6.45, 7) is 1.03. The number of alkyl halides is 1. The molecule has 0 saturated carbocycles. The molecule has 0 radical (unpaired) electrons. The van der Waals surface area contributed by atoms with Crippen LogP contribution < -0.4 is 5.32 Å². The average Bonchev–Trinajstić information content (AvgIpc) is 2.17. The molecule has 1 heterocycles. The molecule has 0 amide bonds. The summed E-state index contributed by atoms with van der Waals surface area (Å²) in [5, 5.41) is 2.85. The van der Waals surface area contributed by atoms with E-state index in [1.165, 1.54) is 0 Å². The van der Waals surface area contributed by atoms with Gasteiger partial charge in [-0.3, -0.25) is 0 Å². The van der Waals surface area contributed by atoms with Crippen molar-refractivity contribution < 1.29 is 4.39 Å². The Morgan fingerprint density at radius 2 is 2.50 bits per heavy atom. The average molecular weight is 113 g/mol. The van der Waals surface area contributed by atoms with E-state index in [0.29, 0.717) is 19.5 Å². The van der Waals surface area contributed by atoms with Crippen LogP contribution in [0.4, 0.5) is 4.39 Å². The predicted molar refractivity (Wildman–Crippen MR) is 30.2 cm³/mol. The lowest BCUT2D eigenvalue weighted by Gasteiger charge is -2.06. The Kier molecular flexibility index (Phi) is 1.22. The molecule has 1 N–H and O–H groups in total. The molecular weight excluding hydrogens is 105 g/mol. The molecule has 8 heavy (non-hydrogen) atoms. The smallest absolute Gasteiger partial charge is 0.184 e. The van der Waals surface area contributed by atoms with E-state index >= 15 is 0 Å². The van der Waals surface area contributed by atoms with Gasteiger partial charge in [0.15, 0.2) is 5.67 Å². The Morgan fingerprint density at radius 1 is 1.75 bits per heavy atom. The van der Waals surface area contributed by atoms with Gasteiger partial charge in [0.05, 0.1) is 0 Å². The van der Waals surface area contributed by atoms with Gasteiger partial charge in [-0.25, -0.2) is 4.39 Å². The Bertz CT molecular complexity index is 119. The Balaban J connectivity index is 2.56. The van der Waals surface area contributed by atoms with Gasteiger partial charge < -0.3 is 5.32 Å². The Hall–Kier alpha value is -0.550. The quantitative estimate of drug-likeness (QED) is 0.446. The van der Waals surface area contributed by atoms with Crippen LogP contribution in [0.2, 0.25) is 0 Å². The topological polar surface area (TPSA) is 12.0 Å². The molecule has 1 fully saturated rings. The molecule has 1 rings (SSSR count). The maximum Gasteiger partial charge on any atom is 0.184 e. The van der Waals surface area contributed by atoms with Gasteiger partial charge in [-0.05, 0) is 6.54 Å². The van der Waals surface area contributed by atoms with Crippen molar-refractivity contribution in [3.8, 4) is 12.3 Å². The van der Waals surface area contributed by atoms with Gasteiger partial charge in [0, 0.05) is 13.0 Å². The normalized spacial score (nSPS) is 37.0.